The molecule has 0 amide bonds. The molecule has 88 valence electrons. The maximum Gasteiger partial charge on any atom is 0.0662 e. The van der Waals surface area contributed by atoms with E-state index in [0.29, 0.717) is 5.25 Å². The second-order valence-corrected chi connectivity index (χ2v) is 5.84. The third-order valence-corrected chi connectivity index (χ3v) is 4.60. The minimum Gasteiger partial charge on any atom is -0.392 e. The molecular formula is C14H20OS. The van der Waals surface area contributed by atoms with Crippen LogP contribution in [0, 0.1) is 0 Å². The summed E-state index contributed by atoms with van der Waals surface area (Å²) in [6.45, 7) is 0. The van der Waals surface area contributed by atoms with Gasteiger partial charge in [0.15, 0.2) is 0 Å². The molecule has 0 saturated heterocycles. The number of hydrogen-bond acceptors (Lipinski definition) is 2. The van der Waals surface area contributed by atoms with Crippen LogP contribution in [0.25, 0.3) is 0 Å². The fraction of sp³-hybridized carbons (Fsp3) is 0.571. The number of aliphatic hydroxyl groups is 1. The number of thioether (sulfide) groups is 1. The van der Waals surface area contributed by atoms with E-state index >= 15 is 0 Å². The van der Waals surface area contributed by atoms with E-state index in [-0.39, 0.29) is 6.10 Å². The van der Waals surface area contributed by atoms with Crippen molar-refractivity contribution in [3.05, 3.63) is 30.3 Å². The summed E-state index contributed by atoms with van der Waals surface area (Å²) < 4.78 is 0. The van der Waals surface area contributed by atoms with Gasteiger partial charge in [-0.1, -0.05) is 43.9 Å². The second kappa shape index (κ2) is 6.31. The molecule has 1 aliphatic carbocycles. The first-order valence-electron chi connectivity index (χ1n) is 6.26. The summed E-state index contributed by atoms with van der Waals surface area (Å²) in [6, 6.07) is 10.4. The maximum absolute atomic E-state index is 10.1. The van der Waals surface area contributed by atoms with Gasteiger partial charge in [-0.3, -0.25) is 0 Å². The topological polar surface area (TPSA) is 20.2 Å². The van der Waals surface area contributed by atoms with Crippen LogP contribution in [0.15, 0.2) is 35.2 Å². The molecular weight excluding hydrogens is 216 g/mol. The predicted molar refractivity (Wildman–Crippen MR) is 69.8 cm³/mol. The Kier molecular flexibility index (Phi) is 4.73. The first kappa shape index (κ1) is 12.0. The largest absolute Gasteiger partial charge is 0.392 e. The Morgan fingerprint density at radius 3 is 2.38 bits per heavy atom. The standard InChI is InChI=1S/C14H20OS/c15-13-10-6-1-2-7-11-14(13)16-12-8-4-3-5-9-12/h3-5,8-9,13-15H,1-2,6-7,10-11H2. The Balaban J connectivity index is 1.95. The summed E-state index contributed by atoms with van der Waals surface area (Å²) in [5.74, 6) is 0. The third-order valence-electron chi connectivity index (χ3n) is 3.20. The molecule has 2 unspecified atom stereocenters. The summed E-state index contributed by atoms with van der Waals surface area (Å²) in [5.41, 5.74) is 0. The number of benzene rings is 1. The molecule has 1 aromatic rings. The average Bonchev–Trinajstić information content (AvgIpc) is 2.30. The monoisotopic (exact) mass is 236 g/mol. The number of hydrogen-bond donors (Lipinski definition) is 1. The van der Waals surface area contributed by atoms with Gasteiger partial charge in [0.05, 0.1) is 6.10 Å². The highest BCUT2D eigenvalue weighted by atomic mass is 32.2. The van der Waals surface area contributed by atoms with Crippen molar-refractivity contribution in [3.63, 3.8) is 0 Å². The smallest absolute Gasteiger partial charge is 0.0662 e. The van der Waals surface area contributed by atoms with Crippen LogP contribution in [-0.2, 0) is 0 Å². The van der Waals surface area contributed by atoms with Crippen LogP contribution in [-0.4, -0.2) is 16.5 Å². The fourth-order valence-corrected chi connectivity index (χ4v) is 3.48. The molecule has 1 aromatic carbocycles. The Labute approximate surface area is 102 Å². The van der Waals surface area contributed by atoms with E-state index in [0.717, 1.165) is 12.8 Å². The van der Waals surface area contributed by atoms with Crippen molar-refractivity contribution in [2.24, 2.45) is 0 Å². The van der Waals surface area contributed by atoms with Gasteiger partial charge in [0.2, 0.25) is 0 Å². The molecule has 2 rings (SSSR count). The second-order valence-electron chi connectivity index (χ2n) is 4.53. The van der Waals surface area contributed by atoms with Crippen LogP contribution in [0.3, 0.4) is 0 Å². The van der Waals surface area contributed by atoms with Gasteiger partial charge in [-0.05, 0) is 25.0 Å². The molecule has 16 heavy (non-hydrogen) atoms. The summed E-state index contributed by atoms with van der Waals surface area (Å²) in [5, 5.41) is 10.5. The molecule has 1 aliphatic rings. The molecule has 0 aromatic heterocycles. The van der Waals surface area contributed by atoms with Crippen LogP contribution in [0.2, 0.25) is 0 Å². The van der Waals surface area contributed by atoms with Gasteiger partial charge in [0.1, 0.15) is 0 Å². The number of aliphatic hydroxyl groups excluding tert-OH is 1. The molecule has 0 bridgehead atoms. The molecule has 1 N–H and O–H groups in total. The lowest BCUT2D eigenvalue weighted by Gasteiger charge is -2.24. The molecule has 0 radical (unpaired) electrons. The maximum atomic E-state index is 10.1. The van der Waals surface area contributed by atoms with Gasteiger partial charge in [0, 0.05) is 10.1 Å². The third kappa shape index (κ3) is 3.53. The van der Waals surface area contributed by atoms with Gasteiger partial charge >= 0.3 is 0 Å². The molecule has 2 atom stereocenters. The van der Waals surface area contributed by atoms with E-state index in [9.17, 15) is 5.11 Å². The van der Waals surface area contributed by atoms with E-state index in [1.54, 1.807) is 0 Å². The normalized spacial score (nSPS) is 27.1. The van der Waals surface area contributed by atoms with Crippen molar-refractivity contribution >= 4 is 11.8 Å². The SMILES string of the molecule is OC1CCCCCCC1Sc1ccccc1. The van der Waals surface area contributed by atoms with Crippen LogP contribution < -0.4 is 0 Å². The summed E-state index contributed by atoms with van der Waals surface area (Å²) in [4.78, 5) is 1.28. The first-order valence-corrected chi connectivity index (χ1v) is 7.14. The van der Waals surface area contributed by atoms with Gasteiger partial charge in [0.25, 0.3) is 0 Å². The van der Waals surface area contributed by atoms with E-state index < -0.39 is 0 Å². The van der Waals surface area contributed by atoms with E-state index in [1.807, 2.05) is 17.8 Å². The van der Waals surface area contributed by atoms with E-state index in [1.165, 1.54) is 30.6 Å². The molecule has 1 saturated carbocycles. The highest BCUT2D eigenvalue weighted by molar-refractivity contribution is 8.00. The minimum absolute atomic E-state index is 0.120. The molecule has 1 nitrogen and oxygen atoms in total. The van der Waals surface area contributed by atoms with Crippen LogP contribution in [0.4, 0.5) is 0 Å². The summed E-state index contributed by atoms with van der Waals surface area (Å²) in [6.07, 6.45) is 7.09. The minimum atomic E-state index is -0.120. The quantitative estimate of drug-likeness (QED) is 0.841. The highest BCUT2D eigenvalue weighted by Crippen LogP contribution is 2.32. The van der Waals surface area contributed by atoms with Crippen molar-refractivity contribution in [3.8, 4) is 0 Å². The zero-order valence-corrected chi connectivity index (χ0v) is 10.5. The van der Waals surface area contributed by atoms with E-state index in [2.05, 4.69) is 24.3 Å². The summed E-state index contributed by atoms with van der Waals surface area (Å²) in [7, 11) is 0. The van der Waals surface area contributed by atoms with Crippen molar-refractivity contribution in [2.75, 3.05) is 0 Å². The van der Waals surface area contributed by atoms with Crippen molar-refractivity contribution < 1.29 is 5.11 Å². The Bertz CT molecular complexity index is 299. The Morgan fingerprint density at radius 2 is 1.62 bits per heavy atom. The van der Waals surface area contributed by atoms with Gasteiger partial charge in [-0.15, -0.1) is 11.8 Å². The van der Waals surface area contributed by atoms with Crippen LogP contribution in [0.5, 0.6) is 0 Å². The molecule has 0 spiro atoms. The van der Waals surface area contributed by atoms with E-state index in [4.69, 9.17) is 0 Å². The average molecular weight is 236 g/mol. The predicted octanol–water partition coefficient (Wildman–Crippen LogP) is 3.86. The zero-order valence-electron chi connectivity index (χ0n) is 9.64. The van der Waals surface area contributed by atoms with Crippen molar-refractivity contribution in [2.45, 2.75) is 54.8 Å². The Morgan fingerprint density at radius 1 is 0.938 bits per heavy atom. The van der Waals surface area contributed by atoms with Crippen molar-refractivity contribution in [1.82, 2.24) is 0 Å². The molecule has 1 fully saturated rings. The Hall–Kier alpha value is -0.470. The first-order chi connectivity index (χ1) is 7.86. The van der Waals surface area contributed by atoms with Crippen LogP contribution in [0.1, 0.15) is 38.5 Å². The summed E-state index contributed by atoms with van der Waals surface area (Å²) >= 11 is 1.85. The molecule has 0 heterocycles. The van der Waals surface area contributed by atoms with Gasteiger partial charge in [-0.2, -0.15) is 0 Å². The van der Waals surface area contributed by atoms with Gasteiger partial charge in [-0.25, -0.2) is 0 Å². The lowest BCUT2D eigenvalue weighted by Crippen LogP contribution is -2.24. The van der Waals surface area contributed by atoms with Crippen molar-refractivity contribution in [1.29, 1.82) is 0 Å². The van der Waals surface area contributed by atoms with Crippen LogP contribution >= 0.6 is 11.8 Å². The lowest BCUT2D eigenvalue weighted by molar-refractivity contribution is 0.148. The number of rotatable bonds is 2. The van der Waals surface area contributed by atoms with Gasteiger partial charge < -0.3 is 5.11 Å². The molecule has 0 aliphatic heterocycles. The fourth-order valence-electron chi connectivity index (χ4n) is 2.24. The highest BCUT2D eigenvalue weighted by Gasteiger charge is 2.21. The zero-order chi connectivity index (χ0) is 11.2. The molecule has 2 heteroatoms. The lowest BCUT2D eigenvalue weighted by atomic mass is 9.98.